The van der Waals surface area contributed by atoms with Gasteiger partial charge in [0.1, 0.15) is 17.9 Å². The molecule has 1 atom stereocenters. The third kappa shape index (κ3) is 2.32. The van der Waals surface area contributed by atoms with Crippen LogP contribution in [-0.2, 0) is 15.1 Å². The number of hydrogen-bond donors (Lipinski definition) is 4. The zero-order chi connectivity index (χ0) is 16.8. The Hall–Kier alpha value is -2.90. The Kier molecular flexibility index (Phi) is 3.32. The minimum atomic E-state index is -1.24. The molecule has 2 aliphatic rings. The number of rotatable bonds is 5. The van der Waals surface area contributed by atoms with E-state index in [9.17, 15) is 14.4 Å². The van der Waals surface area contributed by atoms with Crippen molar-refractivity contribution in [2.75, 3.05) is 6.54 Å². The van der Waals surface area contributed by atoms with E-state index in [0.717, 1.165) is 17.7 Å². The van der Waals surface area contributed by atoms with Gasteiger partial charge in [-0.05, 0) is 24.3 Å². The van der Waals surface area contributed by atoms with Crippen molar-refractivity contribution in [3.63, 3.8) is 0 Å². The number of nitrogens with two attached hydrogens (primary N) is 1. The Morgan fingerprint density at radius 3 is 2.43 bits per heavy atom. The molecule has 0 aromatic heterocycles. The summed E-state index contributed by atoms with van der Waals surface area (Å²) in [6, 6.07) is 5.83. The van der Waals surface area contributed by atoms with E-state index in [4.69, 9.17) is 16.2 Å². The van der Waals surface area contributed by atoms with Gasteiger partial charge in [-0.2, -0.15) is 0 Å². The summed E-state index contributed by atoms with van der Waals surface area (Å²) in [7, 11) is 0. The quantitative estimate of drug-likeness (QED) is 0.350. The molecule has 2 fully saturated rings. The molecule has 8 nitrogen and oxygen atoms in total. The molecule has 1 unspecified atom stereocenters. The van der Waals surface area contributed by atoms with Crippen molar-refractivity contribution in [2.24, 2.45) is 11.7 Å². The first kappa shape index (κ1) is 15.0. The number of carbonyl (C=O) groups is 3. The number of benzene rings is 1. The summed E-state index contributed by atoms with van der Waals surface area (Å²) in [5.41, 5.74) is 5.29. The molecular formula is C15H16N4O4. The fourth-order valence-corrected chi connectivity index (χ4v) is 3.01. The number of aliphatic carboxylic acids is 1. The summed E-state index contributed by atoms with van der Waals surface area (Å²) in [5.74, 6) is -1.93. The summed E-state index contributed by atoms with van der Waals surface area (Å²) in [6.45, 7) is -0.662. The highest BCUT2D eigenvalue weighted by molar-refractivity contribution is 6.09. The normalized spacial score (nSPS) is 23.7. The van der Waals surface area contributed by atoms with Gasteiger partial charge < -0.3 is 16.2 Å². The average Bonchev–Trinajstić information content (AvgIpc) is 3.31. The lowest BCUT2D eigenvalue weighted by molar-refractivity contribution is -0.143. The van der Waals surface area contributed by atoms with E-state index in [1.54, 1.807) is 24.3 Å². The van der Waals surface area contributed by atoms with Crippen molar-refractivity contribution in [2.45, 2.75) is 18.4 Å². The van der Waals surface area contributed by atoms with Crippen LogP contribution in [0.15, 0.2) is 24.3 Å². The van der Waals surface area contributed by atoms with Gasteiger partial charge in [-0.1, -0.05) is 24.3 Å². The number of carboxylic acids is 1. The van der Waals surface area contributed by atoms with Crippen molar-refractivity contribution < 1.29 is 19.5 Å². The molecule has 0 bridgehead atoms. The van der Waals surface area contributed by atoms with Crippen molar-refractivity contribution >= 4 is 23.7 Å². The Labute approximate surface area is 131 Å². The summed E-state index contributed by atoms with van der Waals surface area (Å²) in [6.07, 6.45) is 1.56. The van der Waals surface area contributed by atoms with Crippen LogP contribution in [-0.4, -0.2) is 40.3 Å². The maximum absolute atomic E-state index is 12.8. The van der Waals surface area contributed by atoms with E-state index in [2.05, 4.69) is 5.32 Å². The minimum Gasteiger partial charge on any atom is -0.480 e. The molecule has 1 aliphatic heterocycles. The number of urea groups is 1. The molecule has 1 aliphatic carbocycles. The van der Waals surface area contributed by atoms with Crippen LogP contribution >= 0.6 is 0 Å². The summed E-state index contributed by atoms with van der Waals surface area (Å²) in [5, 5.41) is 19.0. The number of nitrogens with zero attached hydrogens (tertiary/aromatic N) is 1. The first-order valence-corrected chi connectivity index (χ1v) is 7.17. The Morgan fingerprint density at radius 1 is 1.35 bits per heavy atom. The second-order valence-corrected chi connectivity index (χ2v) is 5.79. The van der Waals surface area contributed by atoms with Crippen molar-refractivity contribution in [1.82, 2.24) is 10.2 Å². The lowest BCUT2D eigenvalue weighted by Gasteiger charge is -2.27. The van der Waals surface area contributed by atoms with Crippen molar-refractivity contribution in [1.29, 1.82) is 5.41 Å². The SMILES string of the molecule is N=C(N)c1ccc(C2(C3CC3)NC(=O)N(CC(=O)O)C2=O)cc1. The Bertz CT molecular complexity index is 711. The third-order valence-corrected chi connectivity index (χ3v) is 4.27. The van der Waals surface area contributed by atoms with Gasteiger partial charge in [-0.25, -0.2) is 4.79 Å². The number of amides is 3. The fourth-order valence-electron chi connectivity index (χ4n) is 3.01. The number of nitrogen functional groups attached to an aromatic ring is 1. The van der Waals surface area contributed by atoms with Crippen LogP contribution in [0.4, 0.5) is 4.79 Å². The fraction of sp³-hybridized carbons (Fsp3) is 0.333. The van der Waals surface area contributed by atoms with Gasteiger partial charge in [0.05, 0.1) is 0 Å². The summed E-state index contributed by atoms with van der Waals surface area (Å²) >= 11 is 0. The first-order valence-electron chi connectivity index (χ1n) is 7.17. The highest BCUT2D eigenvalue weighted by Gasteiger charge is 2.60. The Balaban J connectivity index is 2.01. The van der Waals surface area contributed by atoms with Crippen LogP contribution < -0.4 is 11.1 Å². The van der Waals surface area contributed by atoms with E-state index in [1.807, 2.05) is 0 Å². The zero-order valence-corrected chi connectivity index (χ0v) is 12.2. The number of carboxylic acid groups (broad SMARTS) is 1. The number of nitrogens with one attached hydrogen (secondary N) is 2. The van der Waals surface area contributed by atoms with Crippen LogP contribution in [0.2, 0.25) is 0 Å². The molecule has 1 aromatic rings. The molecule has 0 spiro atoms. The molecule has 5 N–H and O–H groups in total. The van der Waals surface area contributed by atoms with Gasteiger partial charge in [0.15, 0.2) is 0 Å². The van der Waals surface area contributed by atoms with Gasteiger partial charge in [-0.3, -0.25) is 19.9 Å². The highest BCUT2D eigenvalue weighted by Crippen LogP contribution is 2.48. The number of imide groups is 1. The number of hydrogen-bond acceptors (Lipinski definition) is 4. The largest absolute Gasteiger partial charge is 0.480 e. The zero-order valence-electron chi connectivity index (χ0n) is 12.2. The van der Waals surface area contributed by atoms with Crippen LogP contribution in [0.5, 0.6) is 0 Å². The Morgan fingerprint density at radius 2 is 1.96 bits per heavy atom. The summed E-state index contributed by atoms with van der Waals surface area (Å²) in [4.78, 5) is 36.5. The van der Waals surface area contributed by atoms with E-state index in [0.29, 0.717) is 11.1 Å². The van der Waals surface area contributed by atoms with E-state index in [-0.39, 0.29) is 11.8 Å². The van der Waals surface area contributed by atoms with Crippen LogP contribution in [0.3, 0.4) is 0 Å². The minimum absolute atomic E-state index is 0.0547. The maximum atomic E-state index is 12.8. The smallest absolute Gasteiger partial charge is 0.325 e. The predicted octanol–water partition coefficient (Wildman–Crippen LogP) is 0.212. The molecular weight excluding hydrogens is 300 g/mol. The standard InChI is InChI=1S/C15H16N4O4/c16-12(17)8-1-3-9(4-2-8)15(10-5-6-10)13(22)19(7-11(20)21)14(23)18-15/h1-4,10H,5-7H2,(H3,16,17)(H,18,23)(H,20,21). The molecule has 1 saturated heterocycles. The molecule has 8 heteroatoms. The van der Waals surface area contributed by atoms with Gasteiger partial charge >= 0.3 is 12.0 Å². The molecule has 1 aromatic carbocycles. The molecule has 3 rings (SSSR count). The van der Waals surface area contributed by atoms with Crippen LogP contribution in [0, 0.1) is 11.3 Å². The lowest BCUT2D eigenvalue weighted by Crippen LogP contribution is -2.46. The van der Waals surface area contributed by atoms with Crippen LogP contribution in [0.25, 0.3) is 0 Å². The molecule has 0 radical (unpaired) electrons. The van der Waals surface area contributed by atoms with Gasteiger partial charge in [0.2, 0.25) is 0 Å². The molecule has 23 heavy (non-hydrogen) atoms. The highest BCUT2D eigenvalue weighted by atomic mass is 16.4. The average molecular weight is 316 g/mol. The third-order valence-electron chi connectivity index (χ3n) is 4.27. The van der Waals surface area contributed by atoms with E-state index >= 15 is 0 Å². The van der Waals surface area contributed by atoms with E-state index < -0.39 is 30.0 Å². The van der Waals surface area contributed by atoms with E-state index in [1.165, 1.54) is 0 Å². The van der Waals surface area contributed by atoms with Crippen LogP contribution in [0.1, 0.15) is 24.0 Å². The molecule has 1 heterocycles. The number of carbonyl (C=O) groups excluding carboxylic acids is 2. The molecule has 1 saturated carbocycles. The molecule has 120 valence electrons. The first-order chi connectivity index (χ1) is 10.9. The number of amidine groups is 1. The van der Waals surface area contributed by atoms with Crippen molar-refractivity contribution in [3.05, 3.63) is 35.4 Å². The predicted molar refractivity (Wildman–Crippen MR) is 79.7 cm³/mol. The monoisotopic (exact) mass is 316 g/mol. The second-order valence-electron chi connectivity index (χ2n) is 5.79. The summed E-state index contributed by atoms with van der Waals surface area (Å²) < 4.78 is 0. The van der Waals surface area contributed by atoms with Crippen molar-refractivity contribution in [3.8, 4) is 0 Å². The topological polar surface area (TPSA) is 137 Å². The van der Waals surface area contributed by atoms with Gasteiger partial charge in [0.25, 0.3) is 5.91 Å². The second kappa shape index (κ2) is 5.08. The maximum Gasteiger partial charge on any atom is 0.325 e. The van der Waals surface area contributed by atoms with Gasteiger partial charge in [-0.15, -0.1) is 0 Å². The van der Waals surface area contributed by atoms with Gasteiger partial charge in [0, 0.05) is 5.56 Å². The molecule has 3 amide bonds. The lowest BCUT2D eigenvalue weighted by atomic mass is 9.84.